The third kappa shape index (κ3) is 4.07. The summed E-state index contributed by atoms with van der Waals surface area (Å²) in [5.74, 6) is -0.653. The van der Waals surface area contributed by atoms with Crippen molar-refractivity contribution in [2.75, 3.05) is 26.2 Å². The van der Waals surface area contributed by atoms with Crippen molar-refractivity contribution in [3.05, 3.63) is 0 Å². The molecule has 2 atom stereocenters. The second-order valence-electron chi connectivity index (χ2n) is 7.06. The zero-order valence-electron chi connectivity index (χ0n) is 14.5. The van der Waals surface area contributed by atoms with Crippen molar-refractivity contribution < 1.29 is 23.1 Å². The SMILES string of the molecule is CC(=O)N1CCCC(O)(C(=O)N2CCC(S(=O)(=O)NC(C)C)C2)C1. The minimum Gasteiger partial charge on any atom is -0.378 e. The summed E-state index contributed by atoms with van der Waals surface area (Å²) in [4.78, 5) is 27.1. The number of hydrogen-bond acceptors (Lipinski definition) is 5. The van der Waals surface area contributed by atoms with E-state index in [1.165, 1.54) is 16.7 Å². The summed E-state index contributed by atoms with van der Waals surface area (Å²) in [6, 6.07) is -0.202. The second-order valence-corrected chi connectivity index (χ2v) is 9.05. The van der Waals surface area contributed by atoms with Gasteiger partial charge < -0.3 is 14.9 Å². The third-order valence-corrected chi connectivity index (χ3v) is 6.65. The molecule has 2 heterocycles. The Bertz CT molecular complexity index is 606. The van der Waals surface area contributed by atoms with Crippen LogP contribution in [0.5, 0.6) is 0 Å². The molecule has 2 aliphatic heterocycles. The molecule has 0 aromatic carbocycles. The maximum Gasteiger partial charge on any atom is 0.256 e. The molecule has 0 bridgehead atoms. The standard InChI is InChI=1S/C15H27N3O5S/c1-11(2)16-24(22,23)13-5-8-17(9-13)14(20)15(21)6-4-7-18(10-15)12(3)19/h11,13,16,21H,4-10H2,1-3H3. The Morgan fingerprint density at radius 1 is 1.25 bits per heavy atom. The fourth-order valence-corrected chi connectivity index (χ4v) is 5.01. The molecular weight excluding hydrogens is 334 g/mol. The summed E-state index contributed by atoms with van der Waals surface area (Å²) in [7, 11) is -3.49. The van der Waals surface area contributed by atoms with Gasteiger partial charge in [0.25, 0.3) is 5.91 Å². The van der Waals surface area contributed by atoms with Crippen LogP contribution in [0.2, 0.25) is 0 Å². The fraction of sp³-hybridized carbons (Fsp3) is 0.867. The number of sulfonamides is 1. The predicted molar refractivity (Wildman–Crippen MR) is 88.6 cm³/mol. The average molecular weight is 361 g/mol. The minimum absolute atomic E-state index is 0.0284. The Labute approximate surface area is 143 Å². The molecule has 0 spiro atoms. The Kier molecular flexibility index (Phi) is 5.56. The number of piperidine rings is 1. The highest BCUT2D eigenvalue weighted by Crippen LogP contribution is 2.27. The molecule has 24 heavy (non-hydrogen) atoms. The Hall–Kier alpha value is -1.19. The van der Waals surface area contributed by atoms with E-state index in [1.54, 1.807) is 13.8 Å². The zero-order valence-corrected chi connectivity index (χ0v) is 15.3. The maximum absolute atomic E-state index is 12.7. The fourth-order valence-electron chi connectivity index (χ4n) is 3.36. The largest absolute Gasteiger partial charge is 0.378 e. The molecule has 2 unspecified atom stereocenters. The van der Waals surface area contributed by atoms with Crippen LogP contribution in [0.15, 0.2) is 0 Å². The molecule has 2 rings (SSSR count). The minimum atomic E-state index is -3.49. The van der Waals surface area contributed by atoms with Crippen molar-refractivity contribution in [1.29, 1.82) is 0 Å². The number of carbonyl (C=O) groups is 2. The van der Waals surface area contributed by atoms with Crippen LogP contribution >= 0.6 is 0 Å². The molecule has 138 valence electrons. The van der Waals surface area contributed by atoms with Gasteiger partial charge in [-0.2, -0.15) is 0 Å². The number of hydrogen-bond donors (Lipinski definition) is 2. The first-order chi connectivity index (χ1) is 11.0. The van der Waals surface area contributed by atoms with Crippen LogP contribution in [0.4, 0.5) is 0 Å². The lowest BCUT2D eigenvalue weighted by molar-refractivity contribution is -0.159. The predicted octanol–water partition coefficient (Wildman–Crippen LogP) is -0.711. The van der Waals surface area contributed by atoms with Crippen molar-refractivity contribution in [1.82, 2.24) is 14.5 Å². The highest BCUT2D eigenvalue weighted by molar-refractivity contribution is 7.90. The first kappa shape index (κ1) is 19.1. The lowest BCUT2D eigenvalue weighted by Crippen LogP contribution is -2.58. The van der Waals surface area contributed by atoms with Crippen LogP contribution in [0, 0.1) is 0 Å². The number of amides is 2. The van der Waals surface area contributed by atoms with Crippen molar-refractivity contribution in [3.8, 4) is 0 Å². The van der Waals surface area contributed by atoms with E-state index < -0.39 is 26.8 Å². The van der Waals surface area contributed by atoms with Gasteiger partial charge >= 0.3 is 0 Å². The van der Waals surface area contributed by atoms with E-state index in [-0.39, 0.29) is 31.5 Å². The van der Waals surface area contributed by atoms with Gasteiger partial charge in [0.1, 0.15) is 0 Å². The van der Waals surface area contributed by atoms with E-state index in [1.807, 2.05) is 0 Å². The first-order valence-corrected chi connectivity index (χ1v) is 9.88. The molecule has 0 radical (unpaired) electrons. The van der Waals surface area contributed by atoms with E-state index in [2.05, 4.69) is 4.72 Å². The van der Waals surface area contributed by atoms with E-state index in [4.69, 9.17) is 0 Å². The van der Waals surface area contributed by atoms with E-state index in [0.717, 1.165) is 0 Å². The lowest BCUT2D eigenvalue weighted by atomic mass is 9.91. The Morgan fingerprint density at radius 3 is 2.50 bits per heavy atom. The van der Waals surface area contributed by atoms with Crippen molar-refractivity contribution >= 4 is 21.8 Å². The molecule has 2 fully saturated rings. The Morgan fingerprint density at radius 2 is 1.92 bits per heavy atom. The van der Waals surface area contributed by atoms with E-state index in [9.17, 15) is 23.1 Å². The van der Waals surface area contributed by atoms with Gasteiger partial charge in [0, 0.05) is 32.6 Å². The number of nitrogens with one attached hydrogen (secondary N) is 1. The van der Waals surface area contributed by atoms with Crippen LogP contribution in [0.1, 0.15) is 40.0 Å². The van der Waals surface area contributed by atoms with Gasteiger partial charge in [-0.25, -0.2) is 13.1 Å². The van der Waals surface area contributed by atoms with Crippen LogP contribution in [-0.4, -0.2) is 78.2 Å². The number of carbonyl (C=O) groups excluding carboxylic acids is 2. The summed E-state index contributed by atoms with van der Waals surface area (Å²) >= 11 is 0. The number of nitrogens with zero attached hydrogens (tertiary/aromatic N) is 2. The van der Waals surface area contributed by atoms with Gasteiger partial charge in [-0.1, -0.05) is 0 Å². The molecule has 8 nitrogen and oxygen atoms in total. The highest BCUT2D eigenvalue weighted by Gasteiger charge is 2.46. The first-order valence-electron chi connectivity index (χ1n) is 8.33. The normalized spacial score (nSPS) is 28.5. The summed E-state index contributed by atoms with van der Waals surface area (Å²) < 4.78 is 27.0. The summed E-state index contributed by atoms with van der Waals surface area (Å²) in [6.07, 6.45) is 1.18. The molecule has 2 amide bonds. The lowest BCUT2D eigenvalue weighted by Gasteiger charge is -2.39. The molecule has 0 saturated carbocycles. The monoisotopic (exact) mass is 361 g/mol. The molecular formula is C15H27N3O5S. The second kappa shape index (κ2) is 6.97. The van der Waals surface area contributed by atoms with Gasteiger partial charge in [-0.3, -0.25) is 9.59 Å². The third-order valence-electron chi connectivity index (χ3n) is 4.59. The molecule has 0 aliphatic carbocycles. The number of aliphatic hydroxyl groups is 1. The zero-order chi connectivity index (χ0) is 18.1. The van der Waals surface area contributed by atoms with E-state index in [0.29, 0.717) is 25.9 Å². The summed E-state index contributed by atoms with van der Waals surface area (Å²) in [5.41, 5.74) is -1.62. The molecule has 2 aliphatic rings. The molecule has 2 saturated heterocycles. The van der Waals surface area contributed by atoms with Crippen LogP contribution < -0.4 is 4.72 Å². The number of likely N-dealkylation sites (tertiary alicyclic amines) is 2. The Balaban J connectivity index is 2.05. The van der Waals surface area contributed by atoms with Crippen molar-refractivity contribution in [3.63, 3.8) is 0 Å². The molecule has 0 aromatic heterocycles. The van der Waals surface area contributed by atoms with Gasteiger partial charge in [-0.15, -0.1) is 0 Å². The summed E-state index contributed by atoms with van der Waals surface area (Å²) in [6.45, 7) is 5.77. The van der Waals surface area contributed by atoms with Crippen LogP contribution in [0.3, 0.4) is 0 Å². The average Bonchev–Trinajstić information content (AvgIpc) is 2.95. The van der Waals surface area contributed by atoms with Crippen molar-refractivity contribution in [2.45, 2.75) is 56.9 Å². The topological polar surface area (TPSA) is 107 Å². The number of rotatable bonds is 4. The molecule has 9 heteroatoms. The smallest absolute Gasteiger partial charge is 0.256 e. The highest BCUT2D eigenvalue weighted by atomic mass is 32.2. The van der Waals surface area contributed by atoms with Crippen LogP contribution in [-0.2, 0) is 19.6 Å². The van der Waals surface area contributed by atoms with Crippen LogP contribution in [0.25, 0.3) is 0 Å². The quantitative estimate of drug-likeness (QED) is 0.688. The van der Waals surface area contributed by atoms with Crippen molar-refractivity contribution in [2.24, 2.45) is 0 Å². The maximum atomic E-state index is 12.7. The van der Waals surface area contributed by atoms with Gasteiger partial charge in [0.05, 0.1) is 11.8 Å². The van der Waals surface area contributed by atoms with Gasteiger partial charge in [0.2, 0.25) is 15.9 Å². The van der Waals surface area contributed by atoms with E-state index >= 15 is 0 Å². The van der Waals surface area contributed by atoms with Gasteiger partial charge in [0.15, 0.2) is 5.60 Å². The summed E-state index contributed by atoms with van der Waals surface area (Å²) in [5, 5.41) is 10.0. The molecule has 2 N–H and O–H groups in total. The van der Waals surface area contributed by atoms with Gasteiger partial charge in [-0.05, 0) is 33.1 Å². The molecule has 0 aromatic rings. The number of β-amino-alcohol motifs (C(OH)–C–C–N with tert-alkyl or cyclic N) is 1.